The number of carbonyl (C=O) groups excluding carboxylic acids is 2. The molecule has 140 valence electrons. The highest BCUT2D eigenvalue weighted by Gasteiger charge is 2.17. The third-order valence-electron chi connectivity index (χ3n) is 3.57. The number of para-hydroxylation sites is 1. The van der Waals surface area contributed by atoms with Crippen molar-refractivity contribution in [1.82, 2.24) is 5.32 Å². The number of benzene rings is 2. The summed E-state index contributed by atoms with van der Waals surface area (Å²) in [5.74, 6) is 0.389. The molecule has 0 aliphatic carbocycles. The number of halogens is 1. The monoisotopic (exact) mass is 393 g/mol. The summed E-state index contributed by atoms with van der Waals surface area (Å²) in [7, 11) is 0. The maximum atomic E-state index is 12.4. The second kappa shape index (κ2) is 11.6. The zero-order valence-electron chi connectivity index (χ0n) is 14.6. The van der Waals surface area contributed by atoms with Crippen molar-refractivity contribution in [2.75, 3.05) is 18.4 Å². The van der Waals surface area contributed by atoms with Crippen LogP contribution in [0.5, 0.6) is 0 Å². The third kappa shape index (κ3) is 6.71. The molecule has 0 aliphatic rings. The second-order valence-corrected chi connectivity index (χ2v) is 6.85. The lowest BCUT2D eigenvalue weighted by Gasteiger charge is -2.14. The summed E-state index contributed by atoms with van der Waals surface area (Å²) in [5, 5.41) is 5.33. The van der Waals surface area contributed by atoms with Crippen LogP contribution in [0.1, 0.15) is 22.8 Å². The number of rotatable bonds is 8. The maximum absolute atomic E-state index is 12.4. The van der Waals surface area contributed by atoms with Gasteiger partial charge in [-0.25, -0.2) is 0 Å². The van der Waals surface area contributed by atoms with E-state index in [-0.39, 0.29) is 29.5 Å². The van der Waals surface area contributed by atoms with E-state index in [0.29, 0.717) is 24.3 Å². The van der Waals surface area contributed by atoms with Gasteiger partial charge in [-0.3, -0.25) is 9.59 Å². The summed E-state index contributed by atoms with van der Waals surface area (Å²) < 4.78 is 0. The van der Waals surface area contributed by atoms with Crippen molar-refractivity contribution in [3.05, 3.63) is 65.7 Å². The molecule has 26 heavy (non-hydrogen) atoms. The van der Waals surface area contributed by atoms with Crippen LogP contribution >= 0.6 is 24.2 Å². The zero-order valence-corrected chi connectivity index (χ0v) is 16.2. The first-order valence-electron chi connectivity index (χ1n) is 8.15. The Morgan fingerprint density at radius 3 is 2.42 bits per heavy atom. The predicted octanol–water partition coefficient (Wildman–Crippen LogP) is 3.06. The molecule has 2 amide bonds. The lowest BCUT2D eigenvalue weighted by Crippen LogP contribution is -2.30. The average molecular weight is 394 g/mol. The van der Waals surface area contributed by atoms with Crippen LogP contribution in [-0.4, -0.2) is 30.2 Å². The van der Waals surface area contributed by atoms with Crippen LogP contribution in [0.4, 0.5) is 5.69 Å². The molecule has 0 heterocycles. The van der Waals surface area contributed by atoms with Gasteiger partial charge in [0.2, 0.25) is 5.91 Å². The molecule has 0 aliphatic heterocycles. The van der Waals surface area contributed by atoms with Crippen molar-refractivity contribution < 1.29 is 9.59 Å². The van der Waals surface area contributed by atoms with Gasteiger partial charge in [-0.2, -0.15) is 0 Å². The number of anilines is 1. The molecule has 2 aromatic carbocycles. The molecule has 2 rings (SSSR count). The Hall–Kier alpha value is -2.02. The van der Waals surface area contributed by atoms with E-state index >= 15 is 0 Å². The molecule has 0 aromatic heterocycles. The molecule has 0 saturated heterocycles. The molecule has 1 unspecified atom stereocenters. The van der Waals surface area contributed by atoms with Crippen molar-refractivity contribution in [2.45, 2.75) is 17.9 Å². The zero-order chi connectivity index (χ0) is 18.1. The van der Waals surface area contributed by atoms with Gasteiger partial charge >= 0.3 is 0 Å². The van der Waals surface area contributed by atoms with Gasteiger partial charge in [0.15, 0.2) is 0 Å². The number of nitrogens with two attached hydrogens (primary N) is 1. The topological polar surface area (TPSA) is 84.2 Å². The minimum Gasteiger partial charge on any atom is -0.351 e. The van der Waals surface area contributed by atoms with Crippen LogP contribution < -0.4 is 16.4 Å². The van der Waals surface area contributed by atoms with Gasteiger partial charge in [0.1, 0.15) is 0 Å². The molecule has 7 heteroatoms. The normalized spacial score (nSPS) is 11.2. The molecule has 2 aromatic rings. The number of amides is 2. The summed E-state index contributed by atoms with van der Waals surface area (Å²) in [4.78, 5) is 24.6. The maximum Gasteiger partial charge on any atom is 0.253 e. The molecule has 5 nitrogen and oxygen atoms in total. The van der Waals surface area contributed by atoms with Gasteiger partial charge in [-0.05, 0) is 24.6 Å². The SMILES string of the molecule is CC(SCc1ccccc1)C(=O)Nc1ccccc1C(=O)NCCN.Cl. The molecule has 4 N–H and O–H groups in total. The highest BCUT2D eigenvalue weighted by molar-refractivity contribution is 7.99. The highest BCUT2D eigenvalue weighted by Crippen LogP contribution is 2.21. The summed E-state index contributed by atoms with van der Waals surface area (Å²) in [5.41, 5.74) is 7.53. The molecule has 0 bridgehead atoms. The highest BCUT2D eigenvalue weighted by atomic mass is 35.5. The van der Waals surface area contributed by atoms with Crippen molar-refractivity contribution in [3.8, 4) is 0 Å². The number of hydrogen-bond acceptors (Lipinski definition) is 4. The Bertz CT molecular complexity index is 713. The Labute approximate surface area is 164 Å². The van der Waals surface area contributed by atoms with E-state index < -0.39 is 0 Å². The van der Waals surface area contributed by atoms with Gasteiger partial charge in [-0.1, -0.05) is 42.5 Å². The van der Waals surface area contributed by atoms with Crippen molar-refractivity contribution >= 4 is 41.7 Å². The van der Waals surface area contributed by atoms with Crippen LogP contribution in [0.2, 0.25) is 0 Å². The molecular weight excluding hydrogens is 370 g/mol. The van der Waals surface area contributed by atoms with E-state index in [2.05, 4.69) is 10.6 Å². The molecule has 1 atom stereocenters. The molecular formula is C19H24ClN3O2S. The van der Waals surface area contributed by atoms with Gasteiger partial charge in [-0.15, -0.1) is 24.2 Å². The average Bonchev–Trinajstić information content (AvgIpc) is 2.65. The van der Waals surface area contributed by atoms with Crippen LogP contribution in [-0.2, 0) is 10.5 Å². The standard InChI is InChI=1S/C19H23N3O2S.ClH/c1-14(25-13-15-7-3-2-4-8-15)18(23)22-17-10-6-5-9-16(17)19(24)21-12-11-20;/h2-10,14H,11-13,20H2,1H3,(H,21,24)(H,22,23);1H. The summed E-state index contributed by atoms with van der Waals surface area (Å²) in [6.45, 7) is 2.62. The van der Waals surface area contributed by atoms with E-state index in [4.69, 9.17) is 5.73 Å². The third-order valence-corrected chi connectivity index (χ3v) is 4.79. The lowest BCUT2D eigenvalue weighted by atomic mass is 10.1. The summed E-state index contributed by atoms with van der Waals surface area (Å²) >= 11 is 1.56. The second-order valence-electron chi connectivity index (χ2n) is 5.52. The number of nitrogens with one attached hydrogen (secondary N) is 2. The quantitative estimate of drug-likeness (QED) is 0.643. The lowest BCUT2D eigenvalue weighted by molar-refractivity contribution is -0.115. The molecule has 0 saturated carbocycles. The predicted molar refractivity (Wildman–Crippen MR) is 111 cm³/mol. The number of carbonyl (C=O) groups is 2. The summed E-state index contributed by atoms with van der Waals surface area (Å²) in [6.07, 6.45) is 0. The smallest absolute Gasteiger partial charge is 0.253 e. The van der Waals surface area contributed by atoms with Crippen LogP contribution in [0.15, 0.2) is 54.6 Å². The van der Waals surface area contributed by atoms with E-state index in [9.17, 15) is 9.59 Å². The van der Waals surface area contributed by atoms with E-state index in [1.54, 1.807) is 36.0 Å². The minimum absolute atomic E-state index is 0. The summed E-state index contributed by atoms with van der Waals surface area (Å²) in [6, 6.07) is 17.0. The molecule has 0 fully saturated rings. The first-order valence-corrected chi connectivity index (χ1v) is 9.20. The molecule has 0 radical (unpaired) electrons. The Morgan fingerprint density at radius 1 is 1.08 bits per heavy atom. The number of thioether (sulfide) groups is 1. The fourth-order valence-electron chi connectivity index (χ4n) is 2.18. The Morgan fingerprint density at radius 2 is 1.73 bits per heavy atom. The minimum atomic E-state index is -0.244. The van der Waals surface area contributed by atoms with E-state index in [1.165, 1.54) is 5.56 Å². The fraction of sp³-hybridized carbons (Fsp3) is 0.263. The first kappa shape index (κ1) is 22.0. The van der Waals surface area contributed by atoms with Gasteiger partial charge < -0.3 is 16.4 Å². The van der Waals surface area contributed by atoms with E-state index in [0.717, 1.165) is 5.75 Å². The largest absolute Gasteiger partial charge is 0.351 e. The van der Waals surface area contributed by atoms with Crippen molar-refractivity contribution in [2.24, 2.45) is 5.73 Å². The Balaban J connectivity index is 0.00000338. The van der Waals surface area contributed by atoms with Crippen LogP contribution in [0.25, 0.3) is 0 Å². The number of hydrogen-bond donors (Lipinski definition) is 3. The van der Waals surface area contributed by atoms with Gasteiger partial charge in [0.25, 0.3) is 5.91 Å². The van der Waals surface area contributed by atoms with Gasteiger partial charge in [0, 0.05) is 18.8 Å². The Kier molecular flexibility index (Phi) is 9.80. The van der Waals surface area contributed by atoms with Crippen LogP contribution in [0, 0.1) is 0 Å². The van der Waals surface area contributed by atoms with Crippen LogP contribution in [0.3, 0.4) is 0 Å². The van der Waals surface area contributed by atoms with Crippen molar-refractivity contribution in [1.29, 1.82) is 0 Å². The first-order chi connectivity index (χ1) is 12.1. The van der Waals surface area contributed by atoms with E-state index in [1.807, 2.05) is 37.3 Å². The fourth-order valence-corrected chi connectivity index (χ4v) is 3.02. The van der Waals surface area contributed by atoms with Crippen molar-refractivity contribution in [3.63, 3.8) is 0 Å². The molecule has 0 spiro atoms. The van der Waals surface area contributed by atoms with Gasteiger partial charge in [0.05, 0.1) is 16.5 Å².